The van der Waals surface area contributed by atoms with Crippen LogP contribution in [0.25, 0.3) is 0 Å². The van der Waals surface area contributed by atoms with E-state index in [4.69, 9.17) is 16.3 Å². The van der Waals surface area contributed by atoms with Crippen molar-refractivity contribution in [2.45, 2.75) is 19.3 Å². The van der Waals surface area contributed by atoms with Crippen molar-refractivity contribution in [2.24, 2.45) is 5.92 Å². The van der Waals surface area contributed by atoms with Gasteiger partial charge in [0, 0.05) is 37.6 Å². The summed E-state index contributed by atoms with van der Waals surface area (Å²) in [5, 5.41) is 3.56. The minimum atomic E-state index is -0.333. The molecular weight excluding hydrogens is 370 g/mol. The lowest BCUT2D eigenvalue weighted by Crippen LogP contribution is -2.47. The van der Waals surface area contributed by atoms with Gasteiger partial charge in [-0.1, -0.05) is 23.7 Å². The summed E-state index contributed by atoms with van der Waals surface area (Å²) in [5.41, 5.74) is 1.11. The summed E-state index contributed by atoms with van der Waals surface area (Å²) in [6.45, 7) is 2.82. The summed E-state index contributed by atoms with van der Waals surface area (Å²) >= 11 is 5.89. The zero-order chi connectivity index (χ0) is 19.2. The van der Waals surface area contributed by atoms with Gasteiger partial charge in [-0.2, -0.15) is 0 Å². The van der Waals surface area contributed by atoms with Gasteiger partial charge in [0.05, 0.1) is 12.5 Å². The van der Waals surface area contributed by atoms with Crippen LogP contribution < -0.4 is 5.32 Å². The molecule has 27 heavy (non-hydrogen) atoms. The van der Waals surface area contributed by atoms with E-state index in [0.29, 0.717) is 57.2 Å². The molecule has 1 aromatic rings. The van der Waals surface area contributed by atoms with Gasteiger partial charge < -0.3 is 19.9 Å². The Bertz CT molecular complexity index is 695. The minimum absolute atomic E-state index is 0.0634. The molecule has 0 spiro atoms. The van der Waals surface area contributed by atoms with Crippen molar-refractivity contribution >= 4 is 29.5 Å². The fourth-order valence-corrected chi connectivity index (χ4v) is 3.47. The first kappa shape index (κ1) is 19.5. The van der Waals surface area contributed by atoms with Crippen molar-refractivity contribution in [3.63, 3.8) is 0 Å². The first-order valence-electron chi connectivity index (χ1n) is 9.24. The summed E-state index contributed by atoms with van der Waals surface area (Å²) < 4.78 is 4.86. The number of ether oxygens (including phenoxy) is 1. The Morgan fingerprint density at radius 3 is 2.67 bits per heavy atom. The van der Waals surface area contributed by atoms with Gasteiger partial charge in [0.2, 0.25) is 11.8 Å². The molecule has 2 saturated heterocycles. The van der Waals surface area contributed by atoms with Crippen LogP contribution in [0.5, 0.6) is 0 Å². The quantitative estimate of drug-likeness (QED) is 0.764. The van der Waals surface area contributed by atoms with Gasteiger partial charge in [-0.15, -0.1) is 0 Å². The van der Waals surface area contributed by atoms with Crippen molar-refractivity contribution in [3.8, 4) is 0 Å². The zero-order valence-corrected chi connectivity index (χ0v) is 15.9. The highest BCUT2D eigenvalue weighted by Crippen LogP contribution is 2.19. The van der Waals surface area contributed by atoms with E-state index < -0.39 is 0 Å². The summed E-state index contributed by atoms with van der Waals surface area (Å²) in [6, 6.07) is 7.57. The highest BCUT2D eigenvalue weighted by atomic mass is 35.5. The molecule has 0 bridgehead atoms. The van der Waals surface area contributed by atoms with E-state index in [2.05, 4.69) is 5.32 Å². The van der Waals surface area contributed by atoms with Gasteiger partial charge in [-0.05, 0) is 30.5 Å². The monoisotopic (exact) mass is 393 g/mol. The SMILES string of the molecule is O=C(NCCN1CCOC1=O)[C@H]1CCC(=O)N(CCc2ccc(Cl)cc2)C1. The molecule has 0 aromatic heterocycles. The molecule has 0 aliphatic carbocycles. The van der Waals surface area contributed by atoms with Crippen molar-refractivity contribution in [1.29, 1.82) is 0 Å². The fourth-order valence-electron chi connectivity index (χ4n) is 3.35. The molecular formula is C19H24ClN3O4. The molecule has 3 rings (SSSR count). The molecule has 1 aromatic carbocycles. The van der Waals surface area contributed by atoms with E-state index in [0.717, 1.165) is 12.0 Å². The number of hydrogen-bond donors (Lipinski definition) is 1. The van der Waals surface area contributed by atoms with E-state index >= 15 is 0 Å². The van der Waals surface area contributed by atoms with Gasteiger partial charge in [-0.3, -0.25) is 9.59 Å². The van der Waals surface area contributed by atoms with Crippen LogP contribution in [0.1, 0.15) is 18.4 Å². The second-order valence-electron chi connectivity index (χ2n) is 6.84. The van der Waals surface area contributed by atoms with E-state index in [1.54, 1.807) is 9.80 Å². The molecule has 1 atom stereocenters. The highest BCUT2D eigenvalue weighted by molar-refractivity contribution is 6.30. The molecule has 3 amide bonds. The standard InChI is InChI=1S/C19H24ClN3O4/c20-16-4-1-14(2-5-16)7-9-23-13-15(3-6-17(23)24)18(25)21-8-10-22-11-12-27-19(22)26/h1-2,4-5,15H,3,6-13H2,(H,21,25)/t15-/m0/s1. The van der Waals surface area contributed by atoms with Gasteiger partial charge in [0.15, 0.2) is 0 Å². The number of piperidine rings is 1. The number of carbonyl (C=O) groups excluding carboxylic acids is 3. The topological polar surface area (TPSA) is 79.0 Å². The molecule has 7 nitrogen and oxygen atoms in total. The Morgan fingerprint density at radius 2 is 1.96 bits per heavy atom. The van der Waals surface area contributed by atoms with E-state index in [1.807, 2.05) is 24.3 Å². The van der Waals surface area contributed by atoms with Crippen molar-refractivity contribution in [3.05, 3.63) is 34.9 Å². The molecule has 0 radical (unpaired) electrons. The highest BCUT2D eigenvalue weighted by Gasteiger charge is 2.30. The number of halogens is 1. The van der Waals surface area contributed by atoms with Crippen LogP contribution in [0, 0.1) is 5.92 Å². The molecule has 8 heteroatoms. The Kier molecular flexibility index (Phi) is 6.55. The summed E-state index contributed by atoms with van der Waals surface area (Å²) in [5.74, 6) is -0.183. The fraction of sp³-hybridized carbons (Fsp3) is 0.526. The van der Waals surface area contributed by atoms with Gasteiger partial charge in [0.25, 0.3) is 0 Å². The lowest BCUT2D eigenvalue weighted by atomic mass is 9.96. The van der Waals surface area contributed by atoms with Gasteiger partial charge in [0.1, 0.15) is 6.61 Å². The molecule has 0 saturated carbocycles. The summed E-state index contributed by atoms with van der Waals surface area (Å²) in [6.07, 6.45) is 1.35. The average molecular weight is 394 g/mol. The minimum Gasteiger partial charge on any atom is -0.448 e. The molecule has 2 heterocycles. The Balaban J connectivity index is 1.44. The number of rotatable bonds is 7. The Labute approximate surface area is 163 Å². The number of hydrogen-bond acceptors (Lipinski definition) is 4. The largest absolute Gasteiger partial charge is 0.448 e. The number of nitrogens with zero attached hydrogens (tertiary/aromatic N) is 2. The third kappa shape index (κ3) is 5.35. The van der Waals surface area contributed by atoms with Crippen LogP contribution in [0.3, 0.4) is 0 Å². The number of likely N-dealkylation sites (tertiary alicyclic amines) is 1. The summed E-state index contributed by atoms with van der Waals surface area (Å²) in [4.78, 5) is 39.3. The molecule has 2 aliphatic rings. The maximum absolute atomic E-state index is 12.4. The van der Waals surface area contributed by atoms with E-state index in [1.165, 1.54) is 0 Å². The smallest absolute Gasteiger partial charge is 0.409 e. The van der Waals surface area contributed by atoms with Crippen LogP contribution >= 0.6 is 11.6 Å². The number of carbonyl (C=O) groups is 3. The Hall–Kier alpha value is -2.28. The summed E-state index contributed by atoms with van der Waals surface area (Å²) in [7, 11) is 0. The second-order valence-corrected chi connectivity index (χ2v) is 7.28. The van der Waals surface area contributed by atoms with E-state index in [9.17, 15) is 14.4 Å². The van der Waals surface area contributed by atoms with Crippen LogP contribution in [0.15, 0.2) is 24.3 Å². The average Bonchev–Trinajstić information content (AvgIpc) is 3.07. The number of nitrogens with one attached hydrogen (secondary N) is 1. The lowest BCUT2D eigenvalue weighted by molar-refractivity contribution is -0.138. The molecule has 146 valence electrons. The van der Waals surface area contributed by atoms with Gasteiger partial charge >= 0.3 is 6.09 Å². The van der Waals surface area contributed by atoms with Crippen LogP contribution in [0.2, 0.25) is 5.02 Å². The normalized spacial score (nSPS) is 20.0. The van der Waals surface area contributed by atoms with Crippen molar-refractivity contribution < 1.29 is 19.1 Å². The first-order valence-corrected chi connectivity index (χ1v) is 9.62. The molecule has 0 unspecified atom stereocenters. The predicted molar refractivity (Wildman–Crippen MR) is 100 cm³/mol. The maximum atomic E-state index is 12.4. The molecule has 2 aliphatic heterocycles. The second kappa shape index (κ2) is 9.08. The third-order valence-corrected chi connectivity index (χ3v) is 5.23. The first-order chi connectivity index (χ1) is 13.0. The van der Waals surface area contributed by atoms with Crippen molar-refractivity contribution in [2.75, 3.05) is 39.3 Å². The lowest BCUT2D eigenvalue weighted by Gasteiger charge is -2.32. The Morgan fingerprint density at radius 1 is 1.19 bits per heavy atom. The number of benzene rings is 1. The molecule has 1 N–H and O–H groups in total. The van der Waals surface area contributed by atoms with Crippen LogP contribution in [0.4, 0.5) is 4.79 Å². The predicted octanol–water partition coefficient (Wildman–Crippen LogP) is 1.69. The zero-order valence-electron chi connectivity index (χ0n) is 15.2. The van der Waals surface area contributed by atoms with Crippen LogP contribution in [-0.4, -0.2) is 67.0 Å². The molecule has 2 fully saturated rings. The number of amides is 3. The van der Waals surface area contributed by atoms with Crippen molar-refractivity contribution in [1.82, 2.24) is 15.1 Å². The number of cyclic esters (lactones) is 1. The van der Waals surface area contributed by atoms with Gasteiger partial charge in [-0.25, -0.2) is 4.79 Å². The maximum Gasteiger partial charge on any atom is 0.409 e. The third-order valence-electron chi connectivity index (χ3n) is 4.98. The van der Waals surface area contributed by atoms with Crippen LogP contribution in [-0.2, 0) is 20.7 Å². The van der Waals surface area contributed by atoms with E-state index in [-0.39, 0.29) is 23.8 Å².